The number of nitrogens with zero attached hydrogens (tertiary/aromatic N) is 2. The summed E-state index contributed by atoms with van der Waals surface area (Å²) in [6, 6.07) is 4.76. The van der Waals surface area contributed by atoms with Gasteiger partial charge in [0.05, 0.1) is 5.02 Å². The van der Waals surface area contributed by atoms with Crippen LogP contribution in [0.3, 0.4) is 0 Å². The number of rotatable bonds is 5. The van der Waals surface area contributed by atoms with E-state index in [2.05, 4.69) is 4.90 Å². The Labute approximate surface area is 152 Å². The number of aliphatic carboxylic acids is 1. The number of hydrogen-bond donors (Lipinski definition) is 1. The molecule has 7 heteroatoms. The van der Waals surface area contributed by atoms with Gasteiger partial charge in [-0.1, -0.05) is 17.7 Å². The Balaban J connectivity index is 2.05. The van der Waals surface area contributed by atoms with Crippen LogP contribution in [0.2, 0.25) is 5.02 Å². The van der Waals surface area contributed by atoms with Gasteiger partial charge < -0.3 is 10.0 Å². The van der Waals surface area contributed by atoms with E-state index in [0.717, 1.165) is 31.5 Å². The Morgan fingerprint density at radius 2 is 2.12 bits per heavy atom. The second kappa shape index (κ2) is 8.63. The largest absolute Gasteiger partial charge is 0.480 e. The molecule has 0 aliphatic carbocycles. The molecule has 2 atom stereocenters. The molecule has 1 heterocycles. The first-order chi connectivity index (χ1) is 11.8. The number of benzene rings is 1. The van der Waals surface area contributed by atoms with E-state index < -0.39 is 11.8 Å². The highest BCUT2D eigenvalue weighted by molar-refractivity contribution is 6.30. The molecule has 5 nitrogen and oxygen atoms in total. The zero-order chi connectivity index (χ0) is 18.6. The van der Waals surface area contributed by atoms with Crippen molar-refractivity contribution in [1.29, 1.82) is 0 Å². The lowest BCUT2D eigenvalue weighted by atomic mass is 10.1. The van der Waals surface area contributed by atoms with Gasteiger partial charge in [0.2, 0.25) is 5.91 Å². The summed E-state index contributed by atoms with van der Waals surface area (Å²) in [6.45, 7) is 4.78. The van der Waals surface area contributed by atoms with E-state index in [1.165, 1.54) is 17.9 Å². The van der Waals surface area contributed by atoms with Crippen molar-refractivity contribution in [3.63, 3.8) is 0 Å². The summed E-state index contributed by atoms with van der Waals surface area (Å²) in [5, 5.41) is 9.14. The number of carboxylic acids is 1. The molecule has 1 aromatic rings. The van der Waals surface area contributed by atoms with Crippen LogP contribution in [-0.2, 0) is 9.59 Å². The van der Waals surface area contributed by atoms with E-state index in [1.807, 2.05) is 6.92 Å². The summed E-state index contributed by atoms with van der Waals surface area (Å²) in [4.78, 5) is 26.5. The van der Waals surface area contributed by atoms with Crippen molar-refractivity contribution in [2.45, 2.75) is 45.2 Å². The van der Waals surface area contributed by atoms with Crippen LogP contribution in [-0.4, -0.2) is 52.5 Å². The van der Waals surface area contributed by atoms with Crippen LogP contribution in [0.5, 0.6) is 0 Å². The zero-order valence-corrected chi connectivity index (χ0v) is 15.3. The number of halogens is 2. The fourth-order valence-electron chi connectivity index (χ4n) is 3.43. The Morgan fingerprint density at radius 1 is 1.40 bits per heavy atom. The molecule has 25 heavy (non-hydrogen) atoms. The molecule has 0 bridgehead atoms. The highest BCUT2D eigenvalue weighted by atomic mass is 35.5. The van der Waals surface area contributed by atoms with E-state index in [0.29, 0.717) is 6.42 Å². The quantitative estimate of drug-likeness (QED) is 0.863. The van der Waals surface area contributed by atoms with Crippen molar-refractivity contribution >= 4 is 23.5 Å². The molecule has 1 amide bonds. The van der Waals surface area contributed by atoms with Gasteiger partial charge in [0.1, 0.15) is 12.4 Å². The molecule has 2 unspecified atom stereocenters. The molecule has 1 N–H and O–H groups in total. The minimum Gasteiger partial charge on any atom is -0.480 e. The maximum Gasteiger partial charge on any atom is 0.323 e. The summed E-state index contributed by atoms with van der Waals surface area (Å²) < 4.78 is 13.4. The SMILES string of the molecule is CC(=O)N(CC(=O)O)C1CCCN(C(C)c2ccc(F)c(Cl)c2)CC1. The fraction of sp³-hybridized carbons (Fsp3) is 0.556. The summed E-state index contributed by atoms with van der Waals surface area (Å²) in [5.41, 5.74) is 0.943. The topological polar surface area (TPSA) is 60.9 Å². The lowest BCUT2D eigenvalue weighted by molar-refractivity contribution is -0.145. The third-order valence-corrected chi connectivity index (χ3v) is 5.15. The molecule has 1 aliphatic rings. The average Bonchev–Trinajstić information content (AvgIpc) is 2.80. The number of carbonyl (C=O) groups excluding carboxylic acids is 1. The molecule has 1 fully saturated rings. The number of hydrogen-bond acceptors (Lipinski definition) is 3. The first kappa shape index (κ1) is 19.7. The van der Waals surface area contributed by atoms with E-state index in [4.69, 9.17) is 16.7 Å². The molecule has 1 aromatic carbocycles. The monoisotopic (exact) mass is 370 g/mol. The summed E-state index contributed by atoms with van der Waals surface area (Å²) >= 11 is 5.88. The number of amides is 1. The van der Waals surface area contributed by atoms with Crippen molar-refractivity contribution in [2.24, 2.45) is 0 Å². The normalized spacial score (nSPS) is 19.9. The Morgan fingerprint density at radius 3 is 2.72 bits per heavy atom. The smallest absolute Gasteiger partial charge is 0.323 e. The van der Waals surface area contributed by atoms with Crippen LogP contribution in [0.4, 0.5) is 4.39 Å². The van der Waals surface area contributed by atoms with Gasteiger partial charge in [-0.15, -0.1) is 0 Å². The number of carbonyl (C=O) groups is 2. The van der Waals surface area contributed by atoms with Gasteiger partial charge in [-0.05, 0) is 50.4 Å². The van der Waals surface area contributed by atoms with Crippen LogP contribution in [0.15, 0.2) is 18.2 Å². The van der Waals surface area contributed by atoms with Gasteiger partial charge in [0, 0.05) is 25.6 Å². The van der Waals surface area contributed by atoms with Gasteiger partial charge in [-0.25, -0.2) is 4.39 Å². The van der Waals surface area contributed by atoms with E-state index >= 15 is 0 Å². The maximum atomic E-state index is 13.4. The van der Waals surface area contributed by atoms with Crippen LogP contribution in [0.1, 0.15) is 44.7 Å². The van der Waals surface area contributed by atoms with Gasteiger partial charge in [0.25, 0.3) is 0 Å². The van der Waals surface area contributed by atoms with Crippen molar-refractivity contribution in [1.82, 2.24) is 9.80 Å². The Kier molecular flexibility index (Phi) is 6.79. The van der Waals surface area contributed by atoms with Gasteiger partial charge in [0.15, 0.2) is 0 Å². The minimum absolute atomic E-state index is 0.0670. The standard InChI is InChI=1S/C18H24ClFN2O3/c1-12(14-5-6-17(20)16(19)10-14)21-8-3-4-15(7-9-21)22(13(2)23)11-18(24)25/h5-6,10,12,15H,3-4,7-9,11H2,1-2H3,(H,24,25). The molecule has 138 valence electrons. The first-order valence-electron chi connectivity index (χ1n) is 8.47. The average molecular weight is 371 g/mol. The van der Waals surface area contributed by atoms with Crippen LogP contribution in [0, 0.1) is 5.82 Å². The van der Waals surface area contributed by atoms with Crippen LogP contribution in [0.25, 0.3) is 0 Å². The van der Waals surface area contributed by atoms with Crippen LogP contribution >= 0.6 is 11.6 Å². The van der Waals surface area contributed by atoms with E-state index in [-0.39, 0.29) is 29.6 Å². The number of likely N-dealkylation sites (tertiary alicyclic amines) is 1. The van der Waals surface area contributed by atoms with Crippen molar-refractivity contribution in [3.05, 3.63) is 34.6 Å². The Hall–Kier alpha value is -1.66. The predicted octanol–water partition coefficient (Wildman–Crippen LogP) is 3.33. The van der Waals surface area contributed by atoms with Gasteiger partial charge in [-0.2, -0.15) is 0 Å². The highest BCUT2D eigenvalue weighted by Gasteiger charge is 2.28. The molecule has 2 rings (SSSR count). The second-order valence-electron chi connectivity index (χ2n) is 6.51. The maximum absolute atomic E-state index is 13.4. The third-order valence-electron chi connectivity index (χ3n) is 4.86. The molecule has 0 aromatic heterocycles. The van der Waals surface area contributed by atoms with Gasteiger partial charge >= 0.3 is 5.97 Å². The first-order valence-corrected chi connectivity index (χ1v) is 8.85. The van der Waals surface area contributed by atoms with E-state index in [9.17, 15) is 14.0 Å². The zero-order valence-electron chi connectivity index (χ0n) is 14.5. The van der Waals surface area contributed by atoms with Crippen molar-refractivity contribution in [3.8, 4) is 0 Å². The van der Waals surface area contributed by atoms with Crippen molar-refractivity contribution < 1.29 is 19.1 Å². The summed E-state index contributed by atoms with van der Waals surface area (Å²) in [5.74, 6) is -1.64. The molecule has 1 aliphatic heterocycles. The molecule has 0 radical (unpaired) electrons. The van der Waals surface area contributed by atoms with Crippen molar-refractivity contribution in [2.75, 3.05) is 19.6 Å². The van der Waals surface area contributed by atoms with Gasteiger partial charge in [-0.3, -0.25) is 14.5 Å². The number of carboxylic acid groups (broad SMARTS) is 1. The van der Waals surface area contributed by atoms with Crippen LogP contribution < -0.4 is 0 Å². The molecule has 0 spiro atoms. The lowest BCUT2D eigenvalue weighted by Gasteiger charge is -2.30. The fourth-order valence-corrected chi connectivity index (χ4v) is 3.62. The summed E-state index contributed by atoms with van der Waals surface area (Å²) in [6.07, 6.45) is 2.36. The lowest BCUT2D eigenvalue weighted by Crippen LogP contribution is -2.42. The highest BCUT2D eigenvalue weighted by Crippen LogP contribution is 2.28. The third kappa shape index (κ3) is 5.16. The second-order valence-corrected chi connectivity index (χ2v) is 6.92. The molecule has 0 saturated carbocycles. The summed E-state index contributed by atoms with van der Waals surface area (Å²) in [7, 11) is 0. The molecular weight excluding hydrogens is 347 g/mol. The predicted molar refractivity (Wildman–Crippen MR) is 94.1 cm³/mol. The minimum atomic E-state index is -0.995. The Bertz CT molecular complexity index is 641. The van der Waals surface area contributed by atoms with E-state index in [1.54, 1.807) is 12.1 Å². The molecular formula is C18H24ClFN2O3. The molecule has 1 saturated heterocycles.